The average molecular weight is 369 g/mol. The first-order valence-electron chi connectivity index (χ1n) is 7.53. The summed E-state index contributed by atoms with van der Waals surface area (Å²) in [7, 11) is 1.83. The Labute approximate surface area is 151 Å². The molecule has 2 aromatic rings. The van der Waals surface area contributed by atoms with E-state index in [1.54, 1.807) is 18.2 Å². The Morgan fingerprint density at radius 2 is 1.88 bits per heavy atom. The molecule has 24 heavy (non-hydrogen) atoms. The molecule has 3 nitrogen and oxygen atoms in total. The molecular weight excluding hydrogens is 350 g/mol. The third-order valence-corrected chi connectivity index (χ3v) is 4.49. The van der Waals surface area contributed by atoms with E-state index < -0.39 is 0 Å². The van der Waals surface area contributed by atoms with E-state index in [0.29, 0.717) is 16.6 Å². The maximum atomic E-state index is 12.9. The summed E-state index contributed by atoms with van der Waals surface area (Å²) in [5.41, 5.74) is 1.72. The van der Waals surface area contributed by atoms with Gasteiger partial charge in [-0.15, -0.1) is 0 Å². The van der Waals surface area contributed by atoms with Gasteiger partial charge in [0.05, 0.1) is 22.6 Å². The van der Waals surface area contributed by atoms with Crippen LogP contribution in [0.4, 0.5) is 4.39 Å². The number of carbonyl (C=O) groups is 1. The molecule has 1 unspecified atom stereocenters. The van der Waals surface area contributed by atoms with Crippen LogP contribution in [0.15, 0.2) is 42.5 Å². The summed E-state index contributed by atoms with van der Waals surface area (Å²) in [6.07, 6.45) is 0. The molecule has 0 bridgehead atoms. The molecule has 0 heterocycles. The smallest absolute Gasteiger partial charge is 0.234 e. The van der Waals surface area contributed by atoms with Crippen LogP contribution in [-0.4, -0.2) is 24.4 Å². The Kier molecular flexibility index (Phi) is 6.60. The lowest BCUT2D eigenvalue weighted by molar-refractivity contribution is -0.122. The van der Waals surface area contributed by atoms with Crippen molar-refractivity contribution in [3.63, 3.8) is 0 Å². The van der Waals surface area contributed by atoms with Crippen LogP contribution in [0.5, 0.6) is 0 Å². The fourth-order valence-electron chi connectivity index (χ4n) is 2.38. The minimum absolute atomic E-state index is 0.118. The average Bonchev–Trinajstić information content (AvgIpc) is 2.52. The first-order valence-corrected chi connectivity index (χ1v) is 8.28. The lowest BCUT2D eigenvalue weighted by atomic mass is 10.1. The van der Waals surface area contributed by atoms with E-state index in [2.05, 4.69) is 5.32 Å². The monoisotopic (exact) mass is 368 g/mol. The summed E-state index contributed by atoms with van der Waals surface area (Å²) in [4.78, 5) is 14.0. The molecule has 2 aromatic carbocycles. The van der Waals surface area contributed by atoms with Gasteiger partial charge in [0, 0.05) is 6.54 Å². The highest BCUT2D eigenvalue weighted by molar-refractivity contribution is 6.42. The van der Waals surface area contributed by atoms with Crippen LogP contribution in [-0.2, 0) is 11.3 Å². The summed E-state index contributed by atoms with van der Waals surface area (Å²) in [5, 5.41) is 3.90. The second-order valence-electron chi connectivity index (χ2n) is 5.73. The zero-order valence-electron chi connectivity index (χ0n) is 13.5. The van der Waals surface area contributed by atoms with Crippen molar-refractivity contribution in [3.8, 4) is 0 Å². The zero-order valence-corrected chi connectivity index (χ0v) is 15.0. The molecule has 0 saturated heterocycles. The maximum absolute atomic E-state index is 12.9. The number of amides is 1. The van der Waals surface area contributed by atoms with Crippen molar-refractivity contribution >= 4 is 29.1 Å². The van der Waals surface area contributed by atoms with Gasteiger partial charge in [-0.3, -0.25) is 9.69 Å². The quantitative estimate of drug-likeness (QED) is 0.817. The molecule has 0 radical (unpaired) electrons. The van der Waals surface area contributed by atoms with Gasteiger partial charge in [0.15, 0.2) is 0 Å². The highest BCUT2D eigenvalue weighted by Crippen LogP contribution is 2.26. The second-order valence-corrected chi connectivity index (χ2v) is 6.51. The molecule has 6 heteroatoms. The predicted octanol–water partition coefficient (Wildman–Crippen LogP) is 4.44. The van der Waals surface area contributed by atoms with Crippen molar-refractivity contribution in [1.82, 2.24) is 10.2 Å². The third kappa shape index (κ3) is 5.20. The maximum Gasteiger partial charge on any atom is 0.234 e. The highest BCUT2D eigenvalue weighted by Gasteiger charge is 2.13. The van der Waals surface area contributed by atoms with E-state index in [1.165, 1.54) is 12.1 Å². The summed E-state index contributed by atoms with van der Waals surface area (Å²) in [6, 6.07) is 11.3. The summed E-state index contributed by atoms with van der Waals surface area (Å²) in [6.45, 7) is 2.59. The topological polar surface area (TPSA) is 32.3 Å². The second kappa shape index (κ2) is 8.47. The first-order chi connectivity index (χ1) is 11.4. The van der Waals surface area contributed by atoms with Crippen molar-refractivity contribution in [1.29, 1.82) is 0 Å². The number of carbonyl (C=O) groups excluding carboxylic acids is 1. The molecule has 0 fully saturated rings. The van der Waals surface area contributed by atoms with Crippen molar-refractivity contribution in [3.05, 3.63) is 69.5 Å². The van der Waals surface area contributed by atoms with Crippen LogP contribution in [0.25, 0.3) is 0 Å². The molecule has 0 aliphatic heterocycles. The molecule has 128 valence electrons. The van der Waals surface area contributed by atoms with Gasteiger partial charge in [-0.05, 0) is 43.3 Å². The number of hydrogen-bond donors (Lipinski definition) is 1. The standard InChI is InChI=1S/C18H19Cl2FN2O/c1-12(13-6-8-15(21)9-7-13)22-17(24)11-23(2)10-14-4-3-5-16(19)18(14)20/h3-9,12H,10-11H2,1-2H3,(H,22,24). The van der Waals surface area contributed by atoms with E-state index in [-0.39, 0.29) is 24.3 Å². The summed E-state index contributed by atoms with van der Waals surface area (Å²) >= 11 is 12.2. The predicted molar refractivity (Wildman–Crippen MR) is 95.8 cm³/mol. The number of halogens is 3. The minimum atomic E-state index is -0.296. The molecule has 0 aromatic heterocycles. The molecule has 1 atom stereocenters. The Balaban J connectivity index is 1.89. The SMILES string of the molecule is CC(NC(=O)CN(C)Cc1cccc(Cl)c1Cl)c1ccc(F)cc1. The third-order valence-electron chi connectivity index (χ3n) is 3.63. The molecule has 1 N–H and O–H groups in total. The number of likely N-dealkylation sites (N-methyl/N-ethyl adjacent to an activating group) is 1. The highest BCUT2D eigenvalue weighted by atomic mass is 35.5. The molecule has 0 aliphatic rings. The van der Waals surface area contributed by atoms with E-state index in [4.69, 9.17) is 23.2 Å². The Morgan fingerprint density at radius 1 is 1.21 bits per heavy atom. The molecule has 1 amide bonds. The Bertz CT molecular complexity index is 707. The van der Waals surface area contributed by atoms with Gasteiger partial charge in [-0.25, -0.2) is 4.39 Å². The molecule has 2 rings (SSSR count). The van der Waals surface area contributed by atoms with Gasteiger partial charge >= 0.3 is 0 Å². The van der Waals surface area contributed by atoms with Gasteiger partial charge in [0.2, 0.25) is 5.91 Å². The largest absolute Gasteiger partial charge is 0.348 e. The van der Waals surface area contributed by atoms with Crippen LogP contribution < -0.4 is 5.32 Å². The van der Waals surface area contributed by atoms with Crippen LogP contribution in [0.2, 0.25) is 10.0 Å². The van der Waals surface area contributed by atoms with Gasteiger partial charge in [0.1, 0.15) is 5.82 Å². The van der Waals surface area contributed by atoms with Crippen molar-refractivity contribution < 1.29 is 9.18 Å². The van der Waals surface area contributed by atoms with Gasteiger partial charge in [-0.1, -0.05) is 47.5 Å². The Morgan fingerprint density at radius 3 is 2.54 bits per heavy atom. The van der Waals surface area contributed by atoms with Crippen molar-refractivity contribution in [2.75, 3.05) is 13.6 Å². The number of nitrogens with one attached hydrogen (secondary N) is 1. The number of nitrogens with zero attached hydrogens (tertiary/aromatic N) is 1. The fourth-order valence-corrected chi connectivity index (χ4v) is 2.76. The van der Waals surface area contributed by atoms with Crippen molar-refractivity contribution in [2.45, 2.75) is 19.5 Å². The lowest BCUT2D eigenvalue weighted by Gasteiger charge is -2.20. The van der Waals surface area contributed by atoms with E-state index >= 15 is 0 Å². The molecule has 0 saturated carbocycles. The minimum Gasteiger partial charge on any atom is -0.348 e. The fraction of sp³-hybridized carbons (Fsp3) is 0.278. The normalized spacial score (nSPS) is 12.2. The molecule has 0 aliphatic carbocycles. The number of rotatable bonds is 6. The van der Waals surface area contributed by atoms with Crippen molar-refractivity contribution in [2.24, 2.45) is 0 Å². The number of hydrogen-bond acceptors (Lipinski definition) is 2. The van der Waals surface area contributed by atoms with Crippen LogP contribution in [0, 0.1) is 5.82 Å². The Hall–Kier alpha value is -1.62. The summed E-state index contributed by atoms with van der Waals surface area (Å²) in [5.74, 6) is -0.414. The zero-order chi connectivity index (χ0) is 17.7. The van der Waals surface area contributed by atoms with Gasteiger partial charge in [-0.2, -0.15) is 0 Å². The van der Waals surface area contributed by atoms with E-state index in [1.807, 2.05) is 31.0 Å². The number of benzene rings is 2. The van der Waals surface area contributed by atoms with Gasteiger partial charge < -0.3 is 5.32 Å². The molecular formula is C18H19Cl2FN2O. The van der Waals surface area contributed by atoms with Crippen LogP contribution in [0.1, 0.15) is 24.1 Å². The van der Waals surface area contributed by atoms with E-state index in [0.717, 1.165) is 11.1 Å². The van der Waals surface area contributed by atoms with Crippen LogP contribution in [0.3, 0.4) is 0 Å². The summed E-state index contributed by atoms with van der Waals surface area (Å²) < 4.78 is 12.9. The first kappa shape index (κ1) is 18.7. The van der Waals surface area contributed by atoms with E-state index in [9.17, 15) is 9.18 Å². The van der Waals surface area contributed by atoms with Crippen LogP contribution >= 0.6 is 23.2 Å². The lowest BCUT2D eigenvalue weighted by Crippen LogP contribution is -2.36. The molecule has 0 spiro atoms. The van der Waals surface area contributed by atoms with Gasteiger partial charge in [0.25, 0.3) is 0 Å².